The highest BCUT2D eigenvalue weighted by atomic mass is 19.4. The molecule has 39 heavy (non-hydrogen) atoms. The van der Waals surface area contributed by atoms with E-state index in [1.54, 1.807) is 19.9 Å². The van der Waals surface area contributed by atoms with Crippen molar-refractivity contribution in [2.24, 2.45) is 11.8 Å². The van der Waals surface area contributed by atoms with Gasteiger partial charge in [0, 0.05) is 31.0 Å². The van der Waals surface area contributed by atoms with Crippen molar-refractivity contribution >= 4 is 11.6 Å². The second-order valence-corrected chi connectivity index (χ2v) is 10.1. The number of nitrogens with zero attached hydrogens (tertiary/aromatic N) is 5. The van der Waals surface area contributed by atoms with Gasteiger partial charge in [0.1, 0.15) is 17.3 Å². The minimum atomic E-state index is -4.89. The second-order valence-electron chi connectivity index (χ2n) is 10.1. The maximum Gasteiger partial charge on any atom is 0.433 e. The highest BCUT2D eigenvalue weighted by molar-refractivity contribution is 5.49. The predicted molar refractivity (Wildman–Crippen MR) is 127 cm³/mol. The SMILES string of the molecule is CC(C)n1nc(NC2C3CCC2CN(c2ccnc(C(F)(F)F)c2)C3)nc1Oc1ccc(F)c(C(F)(F)F)c1. The Kier molecular flexibility index (Phi) is 6.83. The Morgan fingerprint density at radius 3 is 2.28 bits per heavy atom. The van der Waals surface area contributed by atoms with E-state index in [4.69, 9.17) is 4.74 Å². The van der Waals surface area contributed by atoms with E-state index >= 15 is 0 Å². The lowest BCUT2D eigenvalue weighted by Gasteiger charge is -2.39. The van der Waals surface area contributed by atoms with Crippen LogP contribution in [0.1, 0.15) is 44.0 Å². The maximum atomic E-state index is 13.7. The van der Waals surface area contributed by atoms with Gasteiger partial charge >= 0.3 is 18.4 Å². The maximum absolute atomic E-state index is 13.7. The van der Waals surface area contributed by atoms with Crippen LogP contribution in [0.25, 0.3) is 0 Å². The fraction of sp³-hybridized carbons (Fsp3) is 0.480. The molecule has 0 spiro atoms. The third-order valence-electron chi connectivity index (χ3n) is 7.07. The lowest BCUT2D eigenvalue weighted by molar-refractivity contribution is -0.141. The second kappa shape index (κ2) is 9.87. The van der Waals surface area contributed by atoms with Crippen molar-refractivity contribution < 1.29 is 35.5 Å². The van der Waals surface area contributed by atoms with Crippen LogP contribution in [0.4, 0.5) is 42.4 Å². The molecule has 2 atom stereocenters. The third kappa shape index (κ3) is 5.59. The number of alkyl halides is 6. The van der Waals surface area contributed by atoms with E-state index in [9.17, 15) is 30.7 Å². The summed E-state index contributed by atoms with van der Waals surface area (Å²) in [4.78, 5) is 9.71. The Hall–Kier alpha value is -3.58. The van der Waals surface area contributed by atoms with Gasteiger partial charge in [-0.1, -0.05) is 0 Å². The number of fused-ring (bicyclic) bond motifs is 2. The minimum absolute atomic E-state index is 0.0521. The number of nitrogens with one attached hydrogen (secondary N) is 1. The topological polar surface area (TPSA) is 68.1 Å². The number of hydrogen-bond acceptors (Lipinski definition) is 6. The van der Waals surface area contributed by atoms with E-state index in [0.29, 0.717) is 30.9 Å². The molecule has 1 aromatic carbocycles. The molecule has 2 unspecified atom stereocenters. The molecule has 1 N–H and O–H groups in total. The molecule has 210 valence electrons. The Bertz CT molecular complexity index is 1330. The lowest BCUT2D eigenvalue weighted by atomic mass is 9.92. The smallest absolute Gasteiger partial charge is 0.424 e. The number of halogens is 7. The molecule has 2 aromatic heterocycles. The van der Waals surface area contributed by atoms with E-state index < -0.39 is 29.4 Å². The van der Waals surface area contributed by atoms with Gasteiger partial charge in [0.05, 0.1) is 11.6 Å². The molecule has 3 heterocycles. The zero-order chi connectivity index (χ0) is 28.1. The van der Waals surface area contributed by atoms with Crippen LogP contribution in [-0.2, 0) is 12.4 Å². The number of benzene rings is 1. The molecule has 2 bridgehead atoms. The van der Waals surface area contributed by atoms with Crippen molar-refractivity contribution in [3.63, 3.8) is 0 Å². The van der Waals surface area contributed by atoms with Gasteiger partial charge in [0.15, 0.2) is 0 Å². The summed E-state index contributed by atoms with van der Waals surface area (Å²) in [5, 5.41) is 7.74. The van der Waals surface area contributed by atoms with Gasteiger partial charge < -0.3 is 15.0 Å². The molecular formula is C25H25F7N6O. The first-order chi connectivity index (χ1) is 18.3. The Labute approximate surface area is 219 Å². The first-order valence-electron chi connectivity index (χ1n) is 12.4. The van der Waals surface area contributed by atoms with Crippen LogP contribution in [0, 0.1) is 17.7 Å². The molecule has 1 aliphatic carbocycles. The van der Waals surface area contributed by atoms with Gasteiger partial charge in [-0.15, -0.1) is 5.10 Å². The lowest BCUT2D eigenvalue weighted by Crippen LogP contribution is -2.48. The Balaban J connectivity index is 1.32. The van der Waals surface area contributed by atoms with Gasteiger partial charge in [-0.05, 0) is 68.9 Å². The summed E-state index contributed by atoms with van der Waals surface area (Å²) in [6.07, 6.45) is -6.54. The molecule has 5 rings (SSSR count). The Morgan fingerprint density at radius 2 is 1.67 bits per heavy atom. The van der Waals surface area contributed by atoms with E-state index in [-0.39, 0.29) is 41.6 Å². The van der Waals surface area contributed by atoms with E-state index in [0.717, 1.165) is 31.2 Å². The standard InChI is InChI=1S/C25H25F7N6O/c1-13(2)38-23(39-17-5-6-19(26)18(10-17)24(27,28)29)35-22(36-38)34-21-14-3-4-15(21)12-37(11-14)16-7-8-33-20(9-16)25(30,31)32/h5-10,13-15,21H,3-4,11-12H2,1-2H3,(H,34,36). The van der Waals surface area contributed by atoms with Crippen LogP contribution in [0.2, 0.25) is 0 Å². The molecular weight excluding hydrogens is 533 g/mol. The van der Waals surface area contributed by atoms with Crippen molar-refractivity contribution in [2.45, 2.75) is 51.1 Å². The number of rotatable bonds is 6. The first kappa shape index (κ1) is 27.0. The van der Waals surface area contributed by atoms with Crippen LogP contribution in [0.5, 0.6) is 11.8 Å². The average molecular weight is 559 g/mol. The largest absolute Gasteiger partial charge is 0.433 e. The molecule has 7 nitrogen and oxygen atoms in total. The van der Waals surface area contributed by atoms with Crippen molar-refractivity contribution in [1.29, 1.82) is 0 Å². The number of ether oxygens (including phenoxy) is 1. The molecule has 1 aliphatic heterocycles. The summed E-state index contributed by atoms with van der Waals surface area (Å²) in [5.74, 6) is -1.23. The molecule has 2 fully saturated rings. The van der Waals surface area contributed by atoms with Crippen molar-refractivity contribution in [3.8, 4) is 11.8 Å². The van der Waals surface area contributed by atoms with Crippen molar-refractivity contribution in [1.82, 2.24) is 19.7 Å². The van der Waals surface area contributed by atoms with E-state index in [1.807, 2.05) is 4.90 Å². The molecule has 14 heteroatoms. The molecule has 1 saturated carbocycles. The summed E-state index contributed by atoms with van der Waals surface area (Å²) >= 11 is 0. The molecule has 0 radical (unpaired) electrons. The molecule has 0 amide bonds. The van der Waals surface area contributed by atoms with Crippen LogP contribution < -0.4 is 15.0 Å². The van der Waals surface area contributed by atoms with Gasteiger partial charge in [0.25, 0.3) is 0 Å². The van der Waals surface area contributed by atoms with Gasteiger partial charge in [-0.25, -0.2) is 9.07 Å². The van der Waals surface area contributed by atoms with Crippen LogP contribution >= 0.6 is 0 Å². The minimum Gasteiger partial charge on any atom is -0.424 e. The van der Waals surface area contributed by atoms with E-state index in [2.05, 4.69) is 20.4 Å². The zero-order valence-electron chi connectivity index (χ0n) is 20.9. The highest BCUT2D eigenvalue weighted by Crippen LogP contribution is 2.41. The summed E-state index contributed by atoms with van der Waals surface area (Å²) in [6, 6.07) is 4.59. The van der Waals surface area contributed by atoms with Crippen molar-refractivity contribution in [3.05, 3.63) is 53.6 Å². The van der Waals surface area contributed by atoms with Crippen molar-refractivity contribution in [2.75, 3.05) is 23.3 Å². The van der Waals surface area contributed by atoms with Gasteiger partial charge in [0.2, 0.25) is 5.95 Å². The fourth-order valence-corrected chi connectivity index (χ4v) is 5.26. The third-order valence-corrected chi connectivity index (χ3v) is 7.07. The van der Waals surface area contributed by atoms with Crippen LogP contribution in [0.3, 0.4) is 0 Å². The summed E-state index contributed by atoms with van der Waals surface area (Å²) in [6.45, 7) is 4.64. The zero-order valence-corrected chi connectivity index (χ0v) is 20.9. The fourth-order valence-electron chi connectivity index (χ4n) is 5.26. The highest BCUT2D eigenvalue weighted by Gasteiger charge is 2.43. The van der Waals surface area contributed by atoms with Gasteiger partial charge in [-0.3, -0.25) is 4.98 Å². The quantitative estimate of drug-likeness (QED) is 0.346. The molecule has 1 saturated heterocycles. The number of aromatic nitrogens is 4. The molecule has 2 aliphatic rings. The predicted octanol–water partition coefficient (Wildman–Crippen LogP) is 6.55. The van der Waals surface area contributed by atoms with Crippen LogP contribution in [0.15, 0.2) is 36.5 Å². The normalized spacial score (nSPS) is 21.5. The summed E-state index contributed by atoms with van der Waals surface area (Å²) in [7, 11) is 0. The number of hydrogen-bond donors (Lipinski definition) is 1. The first-order valence-corrected chi connectivity index (χ1v) is 12.4. The van der Waals surface area contributed by atoms with Gasteiger partial charge in [-0.2, -0.15) is 31.3 Å². The Morgan fingerprint density at radius 1 is 0.974 bits per heavy atom. The van der Waals surface area contributed by atoms with Crippen LogP contribution in [-0.4, -0.2) is 38.9 Å². The number of pyridine rings is 1. The number of piperidine rings is 1. The monoisotopic (exact) mass is 558 g/mol. The summed E-state index contributed by atoms with van der Waals surface area (Å²) in [5.41, 5.74) is -1.93. The average Bonchev–Trinajstić information content (AvgIpc) is 3.34. The number of anilines is 2. The van der Waals surface area contributed by atoms with E-state index in [1.165, 1.54) is 4.68 Å². The summed E-state index contributed by atoms with van der Waals surface area (Å²) < 4.78 is 99.5. The molecule has 3 aromatic rings.